The Hall–Kier alpha value is -1.25. The van der Waals surface area contributed by atoms with Crippen molar-refractivity contribution in [3.05, 3.63) is 35.1 Å². The number of alkyl halides is 3. The smallest absolute Gasteiger partial charge is 0.320 e. The predicted molar refractivity (Wildman–Crippen MR) is 54.6 cm³/mol. The second-order valence-corrected chi connectivity index (χ2v) is 2.70. The summed E-state index contributed by atoms with van der Waals surface area (Å²) in [6.45, 7) is 0.0404. The molecule has 0 spiro atoms. The highest BCUT2D eigenvalue weighted by Gasteiger charge is 2.34. The molecular weight excluding hydrogens is 246 g/mol. The van der Waals surface area contributed by atoms with E-state index in [-0.39, 0.29) is 24.5 Å². The first-order valence-corrected chi connectivity index (χ1v) is 4.01. The van der Waals surface area contributed by atoms with E-state index in [4.69, 9.17) is 5.73 Å². The van der Waals surface area contributed by atoms with Gasteiger partial charge in [0.15, 0.2) is 0 Å². The molecule has 0 atom stereocenters. The van der Waals surface area contributed by atoms with Gasteiger partial charge in [0.05, 0.1) is 12.1 Å². The number of benzene rings is 1. The second kappa shape index (κ2) is 5.73. The van der Waals surface area contributed by atoms with Crippen molar-refractivity contribution in [1.82, 2.24) is 0 Å². The minimum Gasteiger partial charge on any atom is -0.320 e. The summed E-state index contributed by atoms with van der Waals surface area (Å²) in [5, 5.41) is 0. The summed E-state index contributed by atoms with van der Waals surface area (Å²) in [5.74, 6) is 3.49. The van der Waals surface area contributed by atoms with Crippen LogP contribution in [0.4, 0.5) is 17.6 Å². The van der Waals surface area contributed by atoms with E-state index < -0.39 is 17.6 Å². The van der Waals surface area contributed by atoms with Crippen molar-refractivity contribution < 1.29 is 17.6 Å². The molecule has 2 N–H and O–H groups in total. The average Bonchev–Trinajstić information content (AvgIpc) is 2.15. The summed E-state index contributed by atoms with van der Waals surface area (Å²) < 4.78 is 49.5. The molecule has 0 radical (unpaired) electrons. The van der Waals surface area contributed by atoms with Gasteiger partial charge in [0.1, 0.15) is 5.82 Å². The third-order valence-corrected chi connectivity index (χ3v) is 1.61. The summed E-state index contributed by atoms with van der Waals surface area (Å²) in [5.41, 5.74) is 3.84. The normalized spacial score (nSPS) is 10.1. The highest BCUT2D eigenvalue weighted by molar-refractivity contribution is 5.85. The number of hydrogen-bond acceptors (Lipinski definition) is 1. The van der Waals surface area contributed by atoms with E-state index in [0.29, 0.717) is 6.07 Å². The molecule has 0 unspecified atom stereocenters. The molecule has 0 heterocycles. The maximum absolute atomic E-state index is 12.8. The molecule has 0 fully saturated rings. The molecule has 0 saturated heterocycles. The Morgan fingerprint density at radius 3 is 2.38 bits per heavy atom. The van der Waals surface area contributed by atoms with E-state index in [1.807, 2.05) is 0 Å². The van der Waals surface area contributed by atoms with Crippen LogP contribution >= 0.6 is 12.4 Å². The van der Waals surface area contributed by atoms with Gasteiger partial charge in [0, 0.05) is 5.56 Å². The molecule has 1 aromatic carbocycles. The second-order valence-electron chi connectivity index (χ2n) is 2.70. The molecule has 1 aromatic rings. The molecule has 0 aromatic heterocycles. The lowest BCUT2D eigenvalue weighted by Gasteiger charge is -2.07. The fourth-order valence-corrected chi connectivity index (χ4v) is 0.973. The zero-order valence-electron chi connectivity index (χ0n) is 7.94. The van der Waals surface area contributed by atoms with Crippen LogP contribution in [0.2, 0.25) is 0 Å². The predicted octanol–water partition coefficient (Wildman–Crippen LogP) is 2.58. The zero-order valence-corrected chi connectivity index (χ0v) is 8.75. The molecule has 0 amide bonds. The molecule has 88 valence electrons. The number of halogens is 5. The van der Waals surface area contributed by atoms with Crippen LogP contribution < -0.4 is 5.73 Å². The van der Waals surface area contributed by atoms with Gasteiger partial charge in [-0.2, -0.15) is 13.2 Å². The number of nitrogens with two attached hydrogens (primary N) is 1. The van der Waals surface area contributed by atoms with Crippen molar-refractivity contribution in [1.29, 1.82) is 0 Å². The molecule has 0 saturated carbocycles. The van der Waals surface area contributed by atoms with E-state index in [1.54, 1.807) is 0 Å². The first kappa shape index (κ1) is 14.8. The summed E-state index contributed by atoms with van der Waals surface area (Å²) >= 11 is 0. The van der Waals surface area contributed by atoms with E-state index in [0.717, 1.165) is 6.07 Å². The van der Waals surface area contributed by atoms with Gasteiger partial charge in [-0.15, -0.1) is 12.4 Å². The highest BCUT2D eigenvalue weighted by atomic mass is 35.5. The Balaban J connectivity index is 0.00000225. The lowest BCUT2D eigenvalue weighted by molar-refractivity contribution is -0.140. The SMILES string of the molecule is Cl.NCC#Cc1ccc(F)c(C(F)(F)F)c1. The van der Waals surface area contributed by atoms with Gasteiger partial charge in [-0.3, -0.25) is 0 Å². The lowest BCUT2D eigenvalue weighted by atomic mass is 10.1. The highest BCUT2D eigenvalue weighted by Crippen LogP contribution is 2.31. The van der Waals surface area contributed by atoms with E-state index in [1.165, 1.54) is 6.07 Å². The largest absolute Gasteiger partial charge is 0.419 e. The van der Waals surface area contributed by atoms with Gasteiger partial charge in [-0.1, -0.05) is 11.8 Å². The fraction of sp³-hybridized carbons (Fsp3) is 0.200. The number of hydrogen-bond donors (Lipinski definition) is 1. The van der Waals surface area contributed by atoms with Crippen LogP contribution in [-0.4, -0.2) is 6.54 Å². The summed E-state index contributed by atoms with van der Waals surface area (Å²) in [4.78, 5) is 0. The average molecular weight is 254 g/mol. The molecule has 1 rings (SSSR count). The van der Waals surface area contributed by atoms with Gasteiger partial charge in [0.2, 0.25) is 0 Å². The Morgan fingerprint density at radius 1 is 1.25 bits per heavy atom. The van der Waals surface area contributed by atoms with Gasteiger partial charge in [0.25, 0.3) is 0 Å². The van der Waals surface area contributed by atoms with Crippen molar-refractivity contribution >= 4 is 12.4 Å². The first-order valence-electron chi connectivity index (χ1n) is 4.01. The molecule has 6 heteroatoms. The summed E-state index contributed by atoms with van der Waals surface area (Å²) in [6.07, 6.45) is -4.70. The van der Waals surface area contributed by atoms with Crippen molar-refractivity contribution in [2.24, 2.45) is 5.73 Å². The van der Waals surface area contributed by atoms with Gasteiger partial charge >= 0.3 is 6.18 Å². The quantitative estimate of drug-likeness (QED) is 0.558. The Kier molecular flexibility index (Phi) is 5.28. The maximum atomic E-state index is 12.8. The van der Waals surface area contributed by atoms with Crippen LogP contribution in [0.1, 0.15) is 11.1 Å². The van der Waals surface area contributed by atoms with Gasteiger partial charge in [-0.05, 0) is 18.2 Å². The summed E-state index contributed by atoms with van der Waals surface area (Å²) in [7, 11) is 0. The van der Waals surface area contributed by atoms with E-state index in [2.05, 4.69) is 11.8 Å². The molecule has 0 aliphatic carbocycles. The first-order chi connectivity index (χ1) is 6.95. The topological polar surface area (TPSA) is 26.0 Å². The maximum Gasteiger partial charge on any atom is 0.419 e. The molecule has 0 bridgehead atoms. The minimum atomic E-state index is -4.70. The monoisotopic (exact) mass is 253 g/mol. The standard InChI is InChI=1S/C10H7F4N.ClH/c11-9-4-3-7(2-1-5-15)6-8(9)10(12,13)14;/h3-4,6H,5,15H2;1H. The Morgan fingerprint density at radius 2 is 1.88 bits per heavy atom. The van der Waals surface area contributed by atoms with Crippen LogP contribution in [0.25, 0.3) is 0 Å². The van der Waals surface area contributed by atoms with Crippen molar-refractivity contribution in [3.8, 4) is 11.8 Å². The summed E-state index contributed by atoms with van der Waals surface area (Å²) in [6, 6.07) is 2.58. The Labute approximate surface area is 96.0 Å². The van der Waals surface area contributed by atoms with Gasteiger partial charge in [-0.25, -0.2) is 4.39 Å². The molecule has 0 aliphatic rings. The van der Waals surface area contributed by atoms with Crippen LogP contribution in [0.3, 0.4) is 0 Å². The lowest BCUT2D eigenvalue weighted by Crippen LogP contribution is -2.08. The zero-order chi connectivity index (χ0) is 11.5. The minimum absolute atomic E-state index is 0. The van der Waals surface area contributed by atoms with Crippen LogP contribution in [0.5, 0.6) is 0 Å². The third-order valence-electron chi connectivity index (χ3n) is 1.61. The van der Waals surface area contributed by atoms with Gasteiger partial charge < -0.3 is 5.73 Å². The van der Waals surface area contributed by atoms with E-state index >= 15 is 0 Å². The molecular formula is C10H8ClF4N. The van der Waals surface area contributed by atoms with Crippen molar-refractivity contribution in [2.45, 2.75) is 6.18 Å². The van der Waals surface area contributed by atoms with Crippen LogP contribution in [0, 0.1) is 17.7 Å². The molecule has 1 nitrogen and oxygen atoms in total. The fourth-order valence-electron chi connectivity index (χ4n) is 0.973. The van der Waals surface area contributed by atoms with E-state index in [9.17, 15) is 17.6 Å². The Bertz CT molecular complexity index is 417. The number of rotatable bonds is 0. The van der Waals surface area contributed by atoms with Crippen molar-refractivity contribution in [2.75, 3.05) is 6.54 Å². The third kappa shape index (κ3) is 3.72. The molecule has 16 heavy (non-hydrogen) atoms. The molecule has 0 aliphatic heterocycles. The van der Waals surface area contributed by atoms with Crippen molar-refractivity contribution in [3.63, 3.8) is 0 Å². The van der Waals surface area contributed by atoms with Crippen LogP contribution in [-0.2, 0) is 6.18 Å². The van der Waals surface area contributed by atoms with Crippen LogP contribution in [0.15, 0.2) is 18.2 Å².